The van der Waals surface area contributed by atoms with Gasteiger partial charge in [-0.1, -0.05) is 18.2 Å². The predicted molar refractivity (Wildman–Crippen MR) is 102 cm³/mol. The molecule has 7 nitrogen and oxygen atoms in total. The van der Waals surface area contributed by atoms with E-state index in [4.69, 9.17) is 4.74 Å². The molecule has 0 bridgehead atoms. The number of aromatic nitrogens is 1. The van der Waals surface area contributed by atoms with E-state index in [2.05, 4.69) is 10.6 Å². The highest BCUT2D eigenvalue weighted by Crippen LogP contribution is 2.23. The number of carbonyl (C=O) groups is 3. The van der Waals surface area contributed by atoms with Crippen LogP contribution in [0.3, 0.4) is 0 Å². The fraction of sp³-hybridized carbons (Fsp3) is 0.350. The molecule has 0 saturated carbocycles. The van der Waals surface area contributed by atoms with Crippen molar-refractivity contribution in [3.63, 3.8) is 0 Å². The largest absolute Gasteiger partial charge is 0.452 e. The number of nitrogens with one attached hydrogen (secondary N) is 2. The van der Waals surface area contributed by atoms with Gasteiger partial charge in [-0.2, -0.15) is 0 Å². The van der Waals surface area contributed by atoms with Gasteiger partial charge in [-0.15, -0.1) is 0 Å². The quantitative estimate of drug-likeness (QED) is 0.727. The van der Waals surface area contributed by atoms with Crippen LogP contribution in [0.2, 0.25) is 0 Å². The Kier molecular flexibility index (Phi) is 6.76. The summed E-state index contributed by atoms with van der Waals surface area (Å²) in [5.41, 5.74) is 4.13. The summed E-state index contributed by atoms with van der Waals surface area (Å²) in [6.07, 6.45) is 0. The maximum Gasteiger partial charge on any atom is 0.340 e. The molecule has 0 aliphatic heterocycles. The van der Waals surface area contributed by atoms with E-state index in [1.807, 2.05) is 49.6 Å². The average molecular weight is 371 g/mol. The van der Waals surface area contributed by atoms with Crippen molar-refractivity contribution in [2.45, 2.75) is 27.7 Å². The fourth-order valence-corrected chi connectivity index (χ4v) is 2.85. The molecule has 2 amide bonds. The Hall–Kier alpha value is -3.09. The van der Waals surface area contributed by atoms with E-state index in [-0.39, 0.29) is 12.5 Å². The Balaban J connectivity index is 2.04. The predicted octanol–water partition coefficient (Wildman–Crippen LogP) is 1.81. The van der Waals surface area contributed by atoms with Crippen LogP contribution >= 0.6 is 0 Å². The van der Waals surface area contributed by atoms with E-state index in [0.29, 0.717) is 12.1 Å². The van der Waals surface area contributed by atoms with Crippen LogP contribution in [-0.2, 0) is 14.3 Å². The second kappa shape index (κ2) is 9.02. The van der Waals surface area contributed by atoms with Crippen LogP contribution in [0, 0.1) is 20.8 Å². The highest BCUT2D eigenvalue weighted by Gasteiger charge is 2.19. The summed E-state index contributed by atoms with van der Waals surface area (Å²) in [6.45, 7) is 7.44. The zero-order valence-electron chi connectivity index (χ0n) is 16.1. The molecule has 2 N–H and O–H groups in total. The van der Waals surface area contributed by atoms with E-state index in [0.717, 1.165) is 22.6 Å². The van der Waals surface area contributed by atoms with Crippen LogP contribution < -0.4 is 10.6 Å². The molecule has 2 aromatic rings. The molecule has 2 rings (SSSR count). The molecule has 0 aliphatic carbocycles. The number of para-hydroxylation sites is 1. The molecular formula is C20H25N3O4. The summed E-state index contributed by atoms with van der Waals surface area (Å²) >= 11 is 0. The number of aryl methyl sites for hydroxylation is 2. The van der Waals surface area contributed by atoms with E-state index in [1.54, 1.807) is 13.0 Å². The molecule has 0 atom stereocenters. The first-order valence-electron chi connectivity index (χ1n) is 8.80. The molecular weight excluding hydrogens is 346 g/mol. The van der Waals surface area contributed by atoms with Gasteiger partial charge in [0.05, 0.1) is 12.1 Å². The Morgan fingerprint density at radius 2 is 1.74 bits per heavy atom. The summed E-state index contributed by atoms with van der Waals surface area (Å²) in [6, 6.07) is 9.64. The molecule has 144 valence electrons. The monoisotopic (exact) mass is 371 g/mol. The molecule has 27 heavy (non-hydrogen) atoms. The average Bonchev–Trinajstić information content (AvgIpc) is 2.93. The van der Waals surface area contributed by atoms with Crippen molar-refractivity contribution in [3.05, 3.63) is 52.8 Å². The Labute approximate surface area is 158 Å². The number of esters is 1. The lowest BCUT2D eigenvalue weighted by Gasteiger charge is -2.12. The second-order valence-electron chi connectivity index (χ2n) is 6.21. The summed E-state index contributed by atoms with van der Waals surface area (Å²) in [5.74, 6) is -1.39. The number of benzene rings is 1. The van der Waals surface area contributed by atoms with Crippen LogP contribution in [0.1, 0.15) is 34.2 Å². The van der Waals surface area contributed by atoms with Crippen LogP contribution in [0.25, 0.3) is 5.69 Å². The van der Waals surface area contributed by atoms with Crippen molar-refractivity contribution in [1.29, 1.82) is 0 Å². The number of amides is 2. The zero-order chi connectivity index (χ0) is 20.0. The molecule has 7 heteroatoms. The van der Waals surface area contributed by atoms with Gasteiger partial charge in [0.25, 0.3) is 5.91 Å². The highest BCUT2D eigenvalue weighted by atomic mass is 16.5. The number of carbonyl (C=O) groups excluding carboxylic acids is 3. The van der Waals surface area contributed by atoms with Gasteiger partial charge in [-0.25, -0.2) is 4.79 Å². The molecule has 0 unspecified atom stereocenters. The molecule has 0 fully saturated rings. The number of ether oxygens (including phenoxy) is 1. The highest BCUT2D eigenvalue weighted by molar-refractivity contribution is 5.93. The SMILES string of the molecule is CCNC(=O)CNC(=O)COC(=O)c1cc(C)n(-c2ccccc2C)c1C. The number of likely N-dealkylation sites (N-methyl/N-ethyl adjacent to an activating group) is 1. The molecule has 0 saturated heterocycles. The Morgan fingerprint density at radius 3 is 2.41 bits per heavy atom. The number of hydrogen-bond acceptors (Lipinski definition) is 4. The zero-order valence-corrected chi connectivity index (χ0v) is 16.1. The lowest BCUT2D eigenvalue weighted by Crippen LogP contribution is -2.38. The maximum atomic E-state index is 12.4. The third kappa shape index (κ3) is 4.97. The molecule has 0 radical (unpaired) electrons. The van der Waals surface area contributed by atoms with Crippen LogP contribution in [0.4, 0.5) is 0 Å². The van der Waals surface area contributed by atoms with E-state index in [1.165, 1.54) is 0 Å². The third-order valence-corrected chi connectivity index (χ3v) is 4.16. The summed E-state index contributed by atoms with van der Waals surface area (Å²) in [7, 11) is 0. The Bertz CT molecular complexity index is 855. The molecule has 1 aromatic heterocycles. The first kappa shape index (κ1) is 20.2. The number of nitrogens with zero attached hydrogens (tertiary/aromatic N) is 1. The van der Waals surface area contributed by atoms with Gasteiger partial charge in [0.2, 0.25) is 5.91 Å². The maximum absolute atomic E-state index is 12.4. The van der Waals surface area contributed by atoms with Crippen molar-refractivity contribution in [3.8, 4) is 5.69 Å². The van der Waals surface area contributed by atoms with E-state index < -0.39 is 18.5 Å². The fourth-order valence-electron chi connectivity index (χ4n) is 2.85. The van der Waals surface area contributed by atoms with Gasteiger partial charge >= 0.3 is 5.97 Å². The van der Waals surface area contributed by atoms with Crippen molar-refractivity contribution in [2.75, 3.05) is 19.7 Å². The van der Waals surface area contributed by atoms with Gasteiger partial charge in [0.1, 0.15) is 0 Å². The van der Waals surface area contributed by atoms with Gasteiger partial charge < -0.3 is 19.9 Å². The second-order valence-corrected chi connectivity index (χ2v) is 6.21. The molecule has 0 aliphatic rings. The minimum absolute atomic E-state index is 0.147. The summed E-state index contributed by atoms with van der Waals surface area (Å²) in [4.78, 5) is 35.5. The molecule has 1 heterocycles. The van der Waals surface area contributed by atoms with Gasteiger partial charge in [-0.05, 0) is 45.4 Å². The van der Waals surface area contributed by atoms with E-state index in [9.17, 15) is 14.4 Å². The summed E-state index contributed by atoms with van der Waals surface area (Å²) < 4.78 is 7.09. The lowest BCUT2D eigenvalue weighted by atomic mass is 10.2. The van der Waals surface area contributed by atoms with Crippen molar-refractivity contribution >= 4 is 17.8 Å². The van der Waals surface area contributed by atoms with Crippen LogP contribution in [0.5, 0.6) is 0 Å². The van der Waals surface area contributed by atoms with Crippen LogP contribution in [-0.4, -0.2) is 42.0 Å². The summed E-state index contributed by atoms with van der Waals surface area (Å²) in [5, 5.41) is 4.97. The third-order valence-electron chi connectivity index (χ3n) is 4.16. The molecule has 1 aromatic carbocycles. The van der Waals surface area contributed by atoms with Crippen molar-refractivity contribution in [1.82, 2.24) is 15.2 Å². The van der Waals surface area contributed by atoms with Crippen molar-refractivity contribution in [2.24, 2.45) is 0 Å². The normalized spacial score (nSPS) is 10.4. The number of rotatable bonds is 7. The molecule has 0 spiro atoms. The number of hydrogen-bond donors (Lipinski definition) is 2. The first-order chi connectivity index (χ1) is 12.8. The van der Waals surface area contributed by atoms with Crippen LogP contribution in [0.15, 0.2) is 30.3 Å². The van der Waals surface area contributed by atoms with Gasteiger partial charge in [-0.3, -0.25) is 9.59 Å². The minimum Gasteiger partial charge on any atom is -0.452 e. The smallest absolute Gasteiger partial charge is 0.340 e. The van der Waals surface area contributed by atoms with Crippen molar-refractivity contribution < 1.29 is 19.1 Å². The lowest BCUT2D eigenvalue weighted by molar-refractivity contribution is -0.127. The van der Waals surface area contributed by atoms with E-state index >= 15 is 0 Å². The Morgan fingerprint density at radius 1 is 1.04 bits per heavy atom. The first-order valence-corrected chi connectivity index (χ1v) is 8.80. The standard InChI is InChI=1S/C20H25N3O4/c1-5-21-18(24)11-22-19(25)12-27-20(26)16-10-14(3)23(15(16)4)17-9-7-6-8-13(17)2/h6-10H,5,11-12H2,1-4H3,(H,21,24)(H,22,25). The minimum atomic E-state index is -0.573. The van der Waals surface area contributed by atoms with Gasteiger partial charge in [0.15, 0.2) is 6.61 Å². The van der Waals surface area contributed by atoms with Gasteiger partial charge in [0, 0.05) is 23.6 Å². The topological polar surface area (TPSA) is 89.4 Å².